The number of allylic oxidation sites excluding steroid dienone is 7. The van der Waals surface area contributed by atoms with E-state index in [0.29, 0.717) is 5.25 Å². The molecule has 1 unspecified atom stereocenters. The number of halogens is 2. The second-order valence-electron chi connectivity index (χ2n) is 6.80. The van der Waals surface area contributed by atoms with Crippen LogP contribution in [0.5, 0.6) is 0 Å². The summed E-state index contributed by atoms with van der Waals surface area (Å²) >= 11 is 2.12. The molecule has 0 saturated carbocycles. The van der Waals surface area contributed by atoms with E-state index in [1.54, 1.807) is 0 Å². The predicted molar refractivity (Wildman–Crippen MR) is 91.9 cm³/mol. The third kappa shape index (κ3) is 5.05. The summed E-state index contributed by atoms with van der Waals surface area (Å²) in [7, 11) is 0. The SMILES string of the molecule is CC1=CCC(SC(C)C)(C(C)(C)C2=[C-]CC=C2)C(C)=C1.[Cl-].[Cl-].[Ti+3]. The number of thioether (sulfide) groups is 1. The van der Waals surface area contributed by atoms with Gasteiger partial charge in [0.05, 0.1) is 0 Å². The van der Waals surface area contributed by atoms with Crippen LogP contribution in [0.1, 0.15) is 54.4 Å². The van der Waals surface area contributed by atoms with Crippen LogP contribution in [0.3, 0.4) is 0 Å². The van der Waals surface area contributed by atoms with E-state index >= 15 is 0 Å². The molecule has 0 aromatic carbocycles. The molecule has 0 heterocycles. The van der Waals surface area contributed by atoms with Gasteiger partial charge in [0, 0.05) is 4.75 Å². The van der Waals surface area contributed by atoms with E-state index < -0.39 is 0 Å². The summed E-state index contributed by atoms with van der Waals surface area (Å²) in [5.41, 5.74) is 4.40. The first kappa shape index (κ1) is 25.8. The largest absolute Gasteiger partial charge is 3.00 e. The van der Waals surface area contributed by atoms with E-state index in [1.807, 2.05) is 0 Å². The molecular formula is C19H27Cl2STi. The van der Waals surface area contributed by atoms with Crippen molar-refractivity contribution < 1.29 is 46.5 Å². The number of rotatable bonds is 4. The van der Waals surface area contributed by atoms with Crippen LogP contribution in [0.15, 0.2) is 41.0 Å². The monoisotopic (exact) mass is 405 g/mol. The molecule has 0 aromatic rings. The topological polar surface area (TPSA) is 0 Å². The summed E-state index contributed by atoms with van der Waals surface area (Å²) in [6.07, 6.45) is 15.0. The molecule has 2 aliphatic carbocycles. The van der Waals surface area contributed by atoms with Gasteiger partial charge in [-0.15, -0.1) is 18.2 Å². The van der Waals surface area contributed by atoms with Crippen LogP contribution < -0.4 is 24.8 Å². The van der Waals surface area contributed by atoms with Crippen LogP contribution in [0, 0.1) is 11.5 Å². The second kappa shape index (κ2) is 9.92. The van der Waals surface area contributed by atoms with Gasteiger partial charge in [-0.05, 0) is 30.9 Å². The normalized spacial score (nSPS) is 23.2. The number of hydrogen-bond acceptors (Lipinski definition) is 1. The van der Waals surface area contributed by atoms with Crippen LogP contribution in [-0.2, 0) is 21.7 Å². The van der Waals surface area contributed by atoms with E-state index in [0.717, 1.165) is 12.8 Å². The van der Waals surface area contributed by atoms with Crippen molar-refractivity contribution in [3.05, 3.63) is 47.1 Å². The minimum atomic E-state index is 0. The van der Waals surface area contributed by atoms with Crippen molar-refractivity contribution in [2.45, 2.75) is 64.4 Å². The van der Waals surface area contributed by atoms with E-state index in [1.165, 1.54) is 16.7 Å². The van der Waals surface area contributed by atoms with E-state index in [4.69, 9.17) is 0 Å². The quantitative estimate of drug-likeness (QED) is 0.464. The van der Waals surface area contributed by atoms with Gasteiger partial charge in [-0.1, -0.05) is 51.0 Å². The molecule has 0 bridgehead atoms. The van der Waals surface area contributed by atoms with Gasteiger partial charge in [-0.3, -0.25) is 6.08 Å². The molecule has 1 atom stereocenters. The zero-order chi connectivity index (χ0) is 15.0. The Kier molecular flexibility index (Phi) is 11.2. The molecule has 0 nitrogen and oxygen atoms in total. The fraction of sp³-hybridized carbons (Fsp3) is 0.579. The van der Waals surface area contributed by atoms with Crippen molar-refractivity contribution in [2.24, 2.45) is 5.41 Å². The first-order valence-electron chi connectivity index (χ1n) is 7.61. The zero-order valence-corrected chi connectivity index (χ0v) is 18.9. The molecule has 0 aliphatic heterocycles. The molecule has 0 fully saturated rings. The van der Waals surface area contributed by atoms with Crippen molar-refractivity contribution in [1.29, 1.82) is 0 Å². The fourth-order valence-electron chi connectivity index (χ4n) is 3.47. The Hall–Kier alpha value is 0.604. The maximum absolute atomic E-state index is 3.57. The zero-order valence-electron chi connectivity index (χ0n) is 15.0. The van der Waals surface area contributed by atoms with Crippen molar-refractivity contribution in [1.82, 2.24) is 0 Å². The molecule has 1 radical (unpaired) electrons. The average molecular weight is 406 g/mol. The van der Waals surface area contributed by atoms with Crippen LogP contribution in [0.4, 0.5) is 0 Å². The number of hydrogen-bond donors (Lipinski definition) is 0. The Morgan fingerprint density at radius 3 is 2.26 bits per heavy atom. The van der Waals surface area contributed by atoms with E-state index in [9.17, 15) is 0 Å². The maximum Gasteiger partial charge on any atom is 3.00 e. The summed E-state index contributed by atoms with van der Waals surface area (Å²) in [4.78, 5) is 0. The van der Waals surface area contributed by atoms with Crippen LogP contribution in [0.2, 0.25) is 0 Å². The van der Waals surface area contributed by atoms with Gasteiger partial charge < -0.3 is 24.8 Å². The van der Waals surface area contributed by atoms with Crippen LogP contribution >= 0.6 is 11.8 Å². The summed E-state index contributed by atoms with van der Waals surface area (Å²) in [6, 6.07) is 0. The molecule has 2 aliphatic rings. The molecule has 0 N–H and O–H groups in total. The summed E-state index contributed by atoms with van der Waals surface area (Å²) < 4.78 is 0.150. The molecule has 127 valence electrons. The second-order valence-corrected chi connectivity index (χ2v) is 8.67. The predicted octanol–water partition coefficient (Wildman–Crippen LogP) is -0.116. The molecule has 23 heavy (non-hydrogen) atoms. The Bertz CT molecular complexity index is 515. The minimum Gasteiger partial charge on any atom is -1.00 e. The van der Waals surface area contributed by atoms with Crippen molar-refractivity contribution in [3.63, 3.8) is 0 Å². The molecular weight excluding hydrogens is 379 g/mol. The fourth-order valence-corrected chi connectivity index (χ4v) is 5.11. The van der Waals surface area contributed by atoms with Gasteiger partial charge in [0.25, 0.3) is 0 Å². The van der Waals surface area contributed by atoms with Crippen molar-refractivity contribution in [3.8, 4) is 0 Å². The smallest absolute Gasteiger partial charge is 1.00 e. The molecule has 0 saturated heterocycles. The van der Waals surface area contributed by atoms with Crippen LogP contribution in [-0.4, -0.2) is 10.00 Å². The first-order chi connectivity index (χ1) is 9.29. The van der Waals surface area contributed by atoms with Crippen molar-refractivity contribution in [2.75, 3.05) is 0 Å². The third-order valence-electron chi connectivity index (χ3n) is 4.61. The van der Waals surface area contributed by atoms with Gasteiger partial charge in [0.1, 0.15) is 0 Å². The molecule has 0 spiro atoms. The Balaban J connectivity index is 0. The minimum absolute atomic E-state index is 0. The Morgan fingerprint density at radius 2 is 1.83 bits per heavy atom. The third-order valence-corrected chi connectivity index (χ3v) is 6.48. The molecule has 0 aromatic heterocycles. The maximum atomic E-state index is 3.57. The molecule has 0 amide bonds. The standard InChI is InChI=1S/C19H27S.2ClH.Ti/c1-14(2)20-19(12-11-15(3)13-16(19)4)18(5,6)17-9-7-8-10-17;;;/h7,9,11,13-14H,8,12H2,1-6H3;2*1H;/q-1;;;+3/p-2. The van der Waals surface area contributed by atoms with Gasteiger partial charge in [-0.25, -0.2) is 11.6 Å². The van der Waals surface area contributed by atoms with Crippen molar-refractivity contribution >= 4 is 11.8 Å². The average Bonchev–Trinajstić information content (AvgIpc) is 2.86. The Labute approximate surface area is 174 Å². The molecule has 2 rings (SSSR count). The van der Waals surface area contributed by atoms with Gasteiger partial charge >= 0.3 is 21.7 Å². The summed E-state index contributed by atoms with van der Waals surface area (Å²) in [5, 5.41) is 0.621. The summed E-state index contributed by atoms with van der Waals surface area (Å²) in [5.74, 6) is 0. The first-order valence-corrected chi connectivity index (χ1v) is 8.49. The van der Waals surface area contributed by atoms with E-state index in [2.05, 4.69) is 83.7 Å². The van der Waals surface area contributed by atoms with Gasteiger partial charge in [-0.2, -0.15) is 6.08 Å². The summed E-state index contributed by atoms with van der Waals surface area (Å²) in [6.45, 7) is 13.9. The van der Waals surface area contributed by atoms with Gasteiger partial charge in [0.2, 0.25) is 0 Å². The molecule has 4 heteroatoms. The van der Waals surface area contributed by atoms with E-state index in [-0.39, 0.29) is 56.7 Å². The Morgan fingerprint density at radius 1 is 1.22 bits per heavy atom. The van der Waals surface area contributed by atoms with Crippen LogP contribution in [0.25, 0.3) is 0 Å². The van der Waals surface area contributed by atoms with Gasteiger partial charge in [0.15, 0.2) is 0 Å².